The Morgan fingerprint density at radius 2 is 1.79 bits per heavy atom. The maximum atomic E-state index is 12.9. The number of carbonyl (C=O) groups is 2. The van der Waals surface area contributed by atoms with E-state index >= 15 is 0 Å². The van der Waals surface area contributed by atoms with Gasteiger partial charge in [0.05, 0.1) is 16.3 Å². The van der Waals surface area contributed by atoms with E-state index in [4.69, 9.17) is 11.6 Å². The van der Waals surface area contributed by atoms with E-state index in [2.05, 4.69) is 12.2 Å². The molecule has 33 heavy (non-hydrogen) atoms. The van der Waals surface area contributed by atoms with Crippen molar-refractivity contribution in [2.75, 3.05) is 22.5 Å². The van der Waals surface area contributed by atoms with E-state index in [0.29, 0.717) is 22.8 Å². The number of amides is 2. The first-order valence-corrected chi connectivity index (χ1v) is 13.0. The Morgan fingerprint density at radius 3 is 2.52 bits per heavy atom. The topological polar surface area (TPSA) is 83.6 Å². The molecular formula is C25H25ClN2O4S. The Labute approximate surface area is 198 Å². The fourth-order valence-electron chi connectivity index (χ4n) is 4.09. The molecule has 3 aromatic carbocycles. The van der Waals surface area contributed by atoms with Crippen molar-refractivity contribution in [2.45, 2.75) is 37.5 Å². The lowest BCUT2D eigenvalue weighted by atomic mass is 10.0. The van der Waals surface area contributed by atoms with Crippen LogP contribution < -0.4 is 10.2 Å². The molecule has 0 atom stereocenters. The van der Waals surface area contributed by atoms with Gasteiger partial charge in [-0.1, -0.05) is 37.1 Å². The summed E-state index contributed by atoms with van der Waals surface area (Å²) in [7, 11) is -3.48. The second kappa shape index (κ2) is 9.53. The largest absolute Gasteiger partial charge is 0.326 e. The number of hydrogen-bond acceptors (Lipinski definition) is 4. The Bertz CT molecular complexity index is 1320. The molecule has 0 radical (unpaired) electrons. The van der Waals surface area contributed by atoms with Crippen LogP contribution in [0.2, 0.25) is 5.02 Å². The number of anilines is 2. The molecule has 6 nitrogen and oxygen atoms in total. The molecule has 4 rings (SSSR count). The third kappa shape index (κ3) is 4.75. The fourth-order valence-corrected chi connectivity index (χ4v) is 5.53. The number of hydrogen-bond donors (Lipinski definition) is 1. The van der Waals surface area contributed by atoms with Gasteiger partial charge in [-0.2, -0.15) is 0 Å². The van der Waals surface area contributed by atoms with Crippen molar-refractivity contribution in [1.29, 1.82) is 0 Å². The molecule has 0 bridgehead atoms. The summed E-state index contributed by atoms with van der Waals surface area (Å²) in [4.78, 5) is 27.4. The zero-order valence-corrected chi connectivity index (χ0v) is 19.9. The minimum atomic E-state index is -3.48. The number of sulfone groups is 1. The number of unbranched alkanes of at least 4 members (excludes halogenated alkanes) is 1. The quantitative estimate of drug-likeness (QED) is 0.438. The van der Waals surface area contributed by atoms with Gasteiger partial charge in [-0.05, 0) is 55.3 Å². The summed E-state index contributed by atoms with van der Waals surface area (Å²) < 4.78 is 24.9. The van der Waals surface area contributed by atoms with Crippen LogP contribution >= 0.6 is 11.6 Å². The van der Waals surface area contributed by atoms with Crippen LogP contribution in [-0.4, -0.2) is 32.5 Å². The average molecular weight is 485 g/mol. The van der Waals surface area contributed by atoms with Crippen molar-refractivity contribution in [3.63, 3.8) is 0 Å². The summed E-state index contributed by atoms with van der Waals surface area (Å²) in [6.07, 6.45) is 2.17. The highest BCUT2D eigenvalue weighted by atomic mass is 35.5. The van der Waals surface area contributed by atoms with E-state index in [9.17, 15) is 18.0 Å². The zero-order chi connectivity index (χ0) is 23.6. The smallest absolute Gasteiger partial charge is 0.258 e. The number of nitrogens with zero attached hydrogens (tertiary/aromatic N) is 1. The Hall–Kier alpha value is -2.90. The molecule has 8 heteroatoms. The number of nitrogens with one attached hydrogen (secondary N) is 1. The van der Waals surface area contributed by atoms with Crippen molar-refractivity contribution in [2.24, 2.45) is 0 Å². The fraction of sp³-hybridized carbons (Fsp3) is 0.280. The van der Waals surface area contributed by atoms with Gasteiger partial charge in [-0.25, -0.2) is 8.42 Å². The van der Waals surface area contributed by atoms with Gasteiger partial charge in [-0.3, -0.25) is 9.59 Å². The molecule has 1 N–H and O–H groups in total. The van der Waals surface area contributed by atoms with E-state index in [1.807, 2.05) is 24.3 Å². The minimum Gasteiger partial charge on any atom is -0.326 e. The maximum Gasteiger partial charge on any atom is 0.258 e. The lowest BCUT2D eigenvalue weighted by Gasteiger charge is -2.17. The molecule has 1 aliphatic heterocycles. The summed E-state index contributed by atoms with van der Waals surface area (Å²) in [5.41, 5.74) is 2.13. The van der Waals surface area contributed by atoms with E-state index in [1.54, 1.807) is 11.0 Å². The summed E-state index contributed by atoms with van der Waals surface area (Å²) in [6.45, 7) is 2.75. The first kappa shape index (κ1) is 23.3. The maximum absolute atomic E-state index is 12.9. The predicted octanol–water partition coefficient (Wildman–Crippen LogP) is 5.45. The monoisotopic (exact) mass is 484 g/mol. The molecule has 0 unspecified atom stereocenters. The number of rotatable bonds is 9. The lowest BCUT2D eigenvalue weighted by Crippen LogP contribution is -2.27. The summed E-state index contributed by atoms with van der Waals surface area (Å²) in [5.74, 6) is -0.415. The summed E-state index contributed by atoms with van der Waals surface area (Å²) in [6, 6.07) is 15.2. The van der Waals surface area contributed by atoms with Crippen molar-refractivity contribution >= 4 is 55.4 Å². The number of benzene rings is 3. The average Bonchev–Trinajstić information content (AvgIpc) is 3.06. The van der Waals surface area contributed by atoms with Crippen molar-refractivity contribution in [3.05, 3.63) is 65.2 Å². The van der Waals surface area contributed by atoms with Crippen LogP contribution in [0, 0.1) is 0 Å². The van der Waals surface area contributed by atoms with E-state index in [-0.39, 0.29) is 35.3 Å². The highest BCUT2D eigenvalue weighted by molar-refractivity contribution is 7.91. The molecule has 3 aromatic rings. The minimum absolute atomic E-state index is 0.0140. The standard InChI is InChI=1S/C25H25ClN2O4S/c1-2-3-15-28-22-14-13-21(19-6-4-7-20(24(19)22)25(28)30)27-23(29)8-5-16-33(31,32)18-11-9-17(26)10-12-18/h4,6-7,9-14H,2-3,5,8,15-16H2,1H3,(H,27,29). The van der Waals surface area contributed by atoms with Crippen molar-refractivity contribution in [3.8, 4) is 0 Å². The van der Waals surface area contributed by atoms with Gasteiger partial charge in [-0.15, -0.1) is 0 Å². The SMILES string of the molecule is CCCCN1C(=O)c2cccc3c(NC(=O)CCCS(=O)(=O)c4ccc(Cl)cc4)ccc1c23. The molecule has 0 saturated carbocycles. The van der Waals surface area contributed by atoms with Crippen LogP contribution in [0.15, 0.2) is 59.5 Å². The second-order valence-corrected chi connectivity index (χ2v) is 10.6. The predicted molar refractivity (Wildman–Crippen MR) is 132 cm³/mol. The first-order valence-electron chi connectivity index (χ1n) is 11.0. The van der Waals surface area contributed by atoms with Gasteiger partial charge in [0.15, 0.2) is 9.84 Å². The van der Waals surface area contributed by atoms with Gasteiger partial charge in [0.25, 0.3) is 5.91 Å². The van der Waals surface area contributed by atoms with Crippen molar-refractivity contribution < 1.29 is 18.0 Å². The second-order valence-electron chi connectivity index (χ2n) is 8.10. The Morgan fingerprint density at radius 1 is 1.03 bits per heavy atom. The van der Waals surface area contributed by atoms with Crippen LogP contribution in [0.25, 0.3) is 10.8 Å². The van der Waals surface area contributed by atoms with Crippen LogP contribution in [0.5, 0.6) is 0 Å². The molecule has 172 valence electrons. The number of carbonyl (C=O) groups excluding carboxylic acids is 2. The molecule has 2 amide bonds. The third-order valence-electron chi connectivity index (χ3n) is 5.78. The van der Waals surface area contributed by atoms with Gasteiger partial charge in [0, 0.05) is 40.0 Å². The molecule has 0 aliphatic carbocycles. The molecule has 0 aromatic heterocycles. The van der Waals surface area contributed by atoms with Gasteiger partial charge < -0.3 is 10.2 Å². The van der Waals surface area contributed by atoms with Crippen LogP contribution in [0.3, 0.4) is 0 Å². The van der Waals surface area contributed by atoms with Gasteiger partial charge >= 0.3 is 0 Å². The van der Waals surface area contributed by atoms with Crippen LogP contribution in [0.1, 0.15) is 43.0 Å². The van der Waals surface area contributed by atoms with E-state index < -0.39 is 9.84 Å². The van der Waals surface area contributed by atoms with E-state index in [0.717, 1.165) is 29.3 Å². The first-order chi connectivity index (χ1) is 15.8. The van der Waals surface area contributed by atoms with Crippen molar-refractivity contribution in [1.82, 2.24) is 0 Å². The van der Waals surface area contributed by atoms with Gasteiger partial charge in [0.1, 0.15) is 0 Å². The molecule has 0 saturated heterocycles. The normalized spacial score (nSPS) is 13.0. The molecule has 1 aliphatic rings. The highest BCUT2D eigenvalue weighted by Crippen LogP contribution is 2.40. The zero-order valence-electron chi connectivity index (χ0n) is 18.3. The summed E-state index contributed by atoms with van der Waals surface area (Å²) >= 11 is 5.82. The molecule has 0 spiro atoms. The van der Waals surface area contributed by atoms with Crippen LogP contribution in [0.4, 0.5) is 11.4 Å². The molecule has 1 heterocycles. The van der Waals surface area contributed by atoms with E-state index in [1.165, 1.54) is 24.3 Å². The lowest BCUT2D eigenvalue weighted by molar-refractivity contribution is -0.116. The third-order valence-corrected chi connectivity index (χ3v) is 7.85. The van der Waals surface area contributed by atoms with Crippen LogP contribution in [-0.2, 0) is 14.6 Å². The summed E-state index contributed by atoms with van der Waals surface area (Å²) in [5, 5.41) is 5.01. The van der Waals surface area contributed by atoms with Gasteiger partial charge in [0.2, 0.25) is 5.91 Å². The molecule has 0 fully saturated rings. The number of halogens is 1. The Balaban J connectivity index is 1.46. The Kier molecular flexibility index (Phi) is 6.72. The molecular weight excluding hydrogens is 460 g/mol. The highest BCUT2D eigenvalue weighted by Gasteiger charge is 2.30.